The molecule has 0 saturated heterocycles. The third kappa shape index (κ3) is 4.02. The second-order valence-electron chi connectivity index (χ2n) is 4.07. The average Bonchev–Trinajstić information content (AvgIpc) is 2.37. The first-order valence-electron chi connectivity index (χ1n) is 5.67. The summed E-state index contributed by atoms with van der Waals surface area (Å²) in [6.45, 7) is 0. The normalized spacial score (nSPS) is 12.3. The van der Waals surface area contributed by atoms with Gasteiger partial charge in [0.25, 0.3) is 0 Å². The van der Waals surface area contributed by atoms with Crippen LogP contribution in [0.2, 0.25) is 0 Å². The third-order valence-corrected chi connectivity index (χ3v) is 3.13. The first kappa shape index (κ1) is 16.8. The van der Waals surface area contributed by atoms with Gasteiger partial charge in [-0.2, -0.15) is 13.2 Å². The van der Waals surface area contributed by atoms with Crippen LogP contribution in [-0.2, 0) is 6.18 Å². The van der Waals surface area contributed by atoms with Crippen molar-refractivity contribution in [1.29, 1.82) is 0 Å². The van der Waals surface area contributed by atoms with Crippen molar-refractivity contribution in [1.82, 2.24) is 4.98 Å². The fourth-order valence-corrected chi connectivity index (χ4v) is 2.19. The van der Waals surface area contributed by atoms with Crippen LogP contribution < -0.4 is 4.74 Å². The van der Waals surface area contributed by atoms with Gasteiger partial charge in [0, 0.05) is 11.1 Å². The first-order chi connectivity index (χ1) is 10.1. The molecule has 0 aliphatic carbocycles. The number of halogens is 7. The highest BCUT2D eigenvalue weighted by Gasteiger charge is 2.38. The molecular weight excluding hydrogens is 427 g/mol. The van der Waals surface area contributed by atoms with Crippen molar-refractivity contribution in [2.24, 2.45) is 0 Å². The van der Waals surface area contributed by atoms with Gasteiger partial charge in [-0.25, -0.2) is 4.98 Å². The van der Waals surface area contributed by atoms with Gasteiger partial charge in [-0.05, 0) is 40.8 Å². The summed E-state index contributed by atoms with van der Waals surface area (Å²) in [6.07, 6.45) is -9.81. The van der Waals surface area contributed by atoms with Crippen molar-refractivity contribution in [2.75, 3.05) is 0 Å². The molecular formula is C13H6F6INO. The zero-order valence-electron chi connectivity index (χ0n) is 10.5. The summed E-state index contributed by atoms with van der Waals surface area (Å²) in [5, 5.41) is 0. The maximum absolute atomic E-state index is 13.1. The molecule has 0 fully saturated rings. The molecule has 0 spiro atoms. The average molecular weight is 433 g/mol. The molecule has 2 rings (SSSR count). The number of alkyl halides is 6. The molecule has 118 valence electrons. The molecule has 1 aromatic heterocycles. The van der Waals surface area contributed by atoms with Gasteiger partial charge in [0.15, 0.2) is 5.69 Å². The number of hydrogen-bond donors (Lipinski definition) is 0. The molecule has 0 aliphatic heterocycles. The lowest BCUT2D eigenvalue weighted by molar-refractivity contribution is -0.274. The molecule has 22 heavy (non-hydrogen) atoms. The fourth-order valence-electron chi connectivity index (χ4n) is 1.77. The molecule has 0 radical (unpaired) electrons. The summed E-state index contributed by atoms with van der Waals surface area (Å²) in [5.41, 5.74) is -2.08. The van der Waals surface area contributed by atoms with Gasteiger partial charge in [-0.15, -0.1) is 13.2 Å². The highest BCUT2D eigenvalue weighted by atomic mass is 127. The van der Waals surface area contributed by atoms with Gasteiger partial charge < -0.3 is 4.74 Å². The van der Waals surface area contributed by atoms with Crippen LogP contribution in [0.15, 0.2) is 36.4 Å². The summed E-state index contributed by atoms with van der Waals surface area (Å²) >= 11 is 1.59. The van der Waals surface area contributed by atoms with Gasteiger partial charge in [-0.1, -0.05) is 18.2 Å². The Balaban J connectivity index is 2.63. The van der Waals surface area contributed by atoms with Gasteiger partial charge in [0.1, 0.15) is 9.45 Å². The van der Waals surface area contributed by atoms with Crippen LogP contribution in [0.1, 0.15) is 5.69 Å². The Morgan fingerprint density at radius 3 is 2.09 bits per heavy atom. The number of aromatic nitrogens is 1. The van der Waals surface area contributed by atoms with Crippen molar-refractivity contribution in [3.05, 3.63) is 45.8 Å². The predicted octanol–water partition coefficient (Wildman–Crippen LogP) is 5.27. The summed E-state index contributed by atoms with van der Waals surface area (Å²) < 4.78 is 80.1. The van der Waals surface area contributed by atoms with E-state index in [4.69, 9.17) is 0 Å². The molecule has 1 heterocycles. The van der Waals surface area contributed by atoms with E-state index in [0.717, 1.165) is 18.2 Å². The Kier molecular flexibility index (Phi) is 4.54. The molecule has 2 nitrogen and oxygen atoms in total. The Morgan fingerprint density at radius 2 is 1.50 bits per heavy atom. The topological polar surface area (TPSA) is 22.1 Å². The van der Waals surface area contributed by atoms with E-state index in [9.17, 15) is 26.3 Å². The number of ether oxygens (including phenoxy) is 1. The van der Waals surface area contributed by atoms with Crippen LogP contribution in [0.5, 0.6) is 5.75 Å². The highest BCUT2D eigenvalue weighted by Crippen LogP contribution is 2.40. The molecule has 0 aliphatic rings. The van der Waals surface area contributed by atoms with Gasteiger partial charge in [-0.3, -0.25) is 0 Å². The summed E-state index contributed by atoms with van der Waals surface area (Å²) in [7, 11) is 0. The molecule has 0 N–H and O–H groups in total. The van der Waals surface area contributed by atoms with Crippen LogP contribution in [0.3, 0.4) is 0 Å². The van der Waals surface area contributed by atoms with E-state index in [1.54, 1.807) is 22.6 Å². The van der Waals surface area contributed by atoms with Crippen molar-refractivity contribution in [3.63, 3.8) is 0 Å². The van der Waals surface area contributed by atoms with Gasteiger partial charge in [0.2, 0.25) is 0 Å². The lowest BCUT2D eigenvalue weighted by atomic mass is 10.0. The van der Waals surface area contributed by atoms with Crippen molar-refractivity contribution in [3.8, 4) is 16.9 Å². The summed E-state index contributed by atoms with van der Waals surface area (Å²) in [4.78, 5) is 3.38. The smallest absolute Gasteiger partial charge is 0.405 e. The highest BCUT2D eigenvalue weighted by molar-refractivity contribution is 14.1. The maximum atomic E-state index is 13.1. The number of para-hydroxylation sites is 1. The van der Waals surface area contributed by atoms with E-state index < -0.39 is 29.5 Å². The molecule has 0 atom stereocenters. The fraction of sp³-hybridized carbons (Fsp3) is 0.154. The molecule has 9 heteroatoms. The number of hydrogen-bond acceptors (Lipinski definition) is 2. The predicted molar refractivity (Wildman–Crippen MR) is 74.1 cm³/mol. The number of benzene rings is 1. The monoisotopic (exact) mass is 433 g/mol. The largest absolute Gasteiger partial charge is 0.573 e. The standard InChI is InChI=1S/C13H6F6INO/c14-12(15,16)11-8(5-6-10(20)21-11)7-3-1-2-4-9(7)22-13(17,18)19/h1-6H. The van der Waals surface area contributed by atoms with Crippen molar-refractivity contribution in [2.45, 2.75) is 12.5 Å². The first-order valence-corrected chi connectivity index (χ1v) is 6.75. The second kappa shape index (κ2) is 5.94. The zero-order valence-corrected chi connectivity index (χ0v) is 12.6. The van der Waals surface area contributed by atoms with E-state index in [2.05, 4.69) is 9.72 Å². The molecule has 0 bridgehead atoms. The van der Waals surface area contributed by atoms with Crippen molar-refractivity contribution < 1.29 is 31.1 Å². The summed E-state index contributed by atoms with van der Waals surface area (Å²) in [6, 6.07) is 6.95. The Bertz CT molecular complexity index is 683. The maximum Gasteiger partial charge on any atom is 0.573 e. The Hall–Kier alpha value is -1.52. The minimum atomic E-state index is -5.01. The lowest BCUT2D eigenvalue weighted by Crippen LogP contribution is -2.18. The molecule has 2 aromatic rings. The molecule has 0 unspecified atom stereocenters. The second-order valence-corrected chi connectivity index (χ2v) is 5.18. The van der Waals surface area contributed by atoms with E-state index in [1.807, 2.05) is 0 Å². The number of nitrogens with zero attached hydrogens (tertiary/aromatic N) is 1. The van der Waals surface area contributed by atoms with E-state index in [0.29, 0.717) is 0 Å². The summed E-state index contributed by atoms with van der Waals surface area (Å²) in [5.74, 6) is -0.719. The van der Waals surface area contributed by atoms with Crippen molar-refractivity contribution >= 4 is 22.6 Å². The number of rotatable bonds is 2. The molecule has 1 aromatic carbocycles. The van der Waals surface area contributed by atoms with Crippen LogP contribution >= 0.6 is 22.6 Å². The minimum Gasteiger partial charge on any atom is -0.405 e. The molecule has 0 saturated carbocycles. The lowest BCUT2D eigenvalue weighted by Gasteiger charge is -2.16. The quantitative estimate of drug-likeness (QED) is 0.366. The van der Waals surface area contributed by atoms with E-state index in [1.165, 1.54) is 18.2 Å². The zero-order chi connectivity index (χ0) is 16.5. The van der Waals surface area contributed by atoms with E-state index in [-0.39, 0.29) is 9.26 Å². The minimum absolute atomic E-state index is 0.0721. The van der Waals surface area contributed by atoms with Gasteiger partial charge in [0.05, 0.1) is 0 Å². The van der Waals surface area contributed by atoms with Gasteiger partial charge >= 0.3 is 12.5 Å². The van der Waals surface area contributed by atoms with Crippen LogP contribution in [0, 0.1) is 3.70 Å². The van der Waals surface area contributed by atoms with Crippen LogP contribution in [-0.4, -0.2) is 11.3 Å². The Morgan fingerprint density at radius 1 is 0.864 bits per heavy atom. The van der Waals surface area contributed by atoms with Crippen LogP contribution in [0.25, 0.3) is 11.1 Å². The SMILES string of the molecule is FC(F)(F)Oc1ccccc1-c1ccc(I)nc1C(F)(F)F. The van der Waals surface area contributed by atoms with Crippen LogP contribution in [0.4, 0.5) is 26.3 Å². The Labute approximate surface area is 134 Å². The third-order valence-electron chi connectivity index (χ3n) is 2.53. The number of pyridine rings is 1. The van der Waals surface area contributed by atoms with E-state index >= 15 is 0 Å². The molecule has 0 amide bonds.